The third kappa shape index (κ3) is 3.96. The molecule has 1 atom stereocenters. The van der Waals surface area contributed by atoms with Crippen LogP contribution in [0.2, 0.25) is 0 Å². The average molecular weight is 297 g/mol. The van der Waals surface area contributed by atoms with Gasteiger partial charge in [0.25, 0.3) is 0 Å². The van der Waals surface area contributed by atoms with E-state index in [1.165, 1.54) is 11.1 Å². The summed E-state index contributed by atoms with van der Waals surface area (Å²) in [6.45, 7) is 2.23. The molecule has 2 aromatic rings. The molecular formula is C20H27NO. The summed E-state index contributed by atoms with van der Waals surface area (Å²) < 4.78 is 0. The second-order valence-corrected chi connectivity index (χ2v) is 6.02. The van der Waals surface area contributed by atoms with Gasteiger partial charge in [0.05, 0.1) is 0 Å². The third-order valence-corrected chi connectivity index (χ3v) is 4.43. The van der Waals surface area contributed by atoms with E-state index < -0.39 is 6.23 Å². The fourth-order valence-corrected chi connectivity index (χ4v) is 3.42. The van der Waals surface area contributed by atoms with E-state index in [4.69, 9.17) is 5.73 Å². The third-order valence-electron chi connectivity index (χ3n) is 4.43. The van der Waals surface area contributed by atoms with Gasteiger partial charge in [-0.1, -0.05) is 74.0 Å². The van der Waals surface area contributed by atoms with E-state index in [1.807, 2.05) is 0 Å². The summed E-state index contributed by atoms with van der Waals surface area (Å²) in [5.74, 6) is 0. The van der Waals surface area contributed by atoms with Gasteiger partial charge in [-0.25, -0.2) is 0 Å². The van der Waals surface area contributed by atoms with Gasteiger partial charge in [-0.05, 0) is 36.8 Å². The molecule has 0 fully saturated rings. The Morgan fingerprint density at radius 1 is 0.909 bits per heavy atom. The van der Waals surface area contributed by atoms with E-state index in [2.05, 4.69) is 67.6 Å². The lowest BCUT2D eigenvalue weighted by molar-refractivity contribution is 0.165. The molecule has 2 heteroatoms. The van der Waals surface area contributed by atoms with Crippen LogP contribution in [0.25, 0.3) is 0 Å². The smallest absolute Gasteiger partial charge is 0.102 e. The Hall–Kier alpha value is -1.64. The van der Waals surface area contributed by atoms with Crippen LogP contribution in [0.1, 0.15) is 50.2 Å². The highest BCUT2D eigenvalue weighted by Crippen LogP contribution is 2.41. The molecule has 3 N–H and O–H groups in total. The Labute approximate surface area is 134 Å². The van der Waals surface area contributed by atoms with Crippen molar-refractivity contribution in [3.8, 4) is 0 Å². The first-order valence-corrected chi connectivity index (χ1v) is 8.24. The summed E-state index contributed by atoms with van der Waals surface area (Å²) in [5.41, 5.74) is 8.25. The zero-order chi connectivity index (χ0) is 15.8. The molecule has 0 amide bonds. The maximum atomic E-state index is 9.40. The van der Waals surface area contributed by atoms with Crippen molar-refractivity contribution in [1.29, 1.82) is 0 Å². The van der Waals surface area contributed by atoms with Crippen molar-refractivity contribution in [1.82, 2.24) is 0 Å². The van der Waals surface area contributed by atoms with Crippen LogP contribution in [-0.2, 0) is 5.41 Å². The highest BCUT2D eigenvalue weighted by Gasteiger charge is 2.32. The van der Waals surface area contributed by atoms with E-state index in [9.17, 15) is 5.11 Å². The van der Waals surface area contributed by atoms with Crippen molar-refractivity contribution < 1.29 is 5.11 Å². The first kappa shape index (κ1) is 16.7. The van der Waals surface area contributed by atoms with Crippen LogP contribution in [0.5, 0.6) is 0 Å². The van der Waals surface area contributed by atoms with E-state index >= 15 is 0 Å². The normalized spacial score (nSPS) is 13.0. The molecular weight excluding hydrogens is 270 g/mol. The Balaban J connectivity index is 2.40. The lowest BCUT2D eigenvalue weighted by Gasteiger charge is -2.35. The summed E-state index contributed by atoms with van der Waals surface area (Å²) in [5, 5.41) is 9.40. The molecule has 0 spiro atoms. The van der Waals surface area contributed by atoms with E-state index in [0.29, 0.717) is 6.42 Å². The topological polar surface area (TPSA) is 46.2 Å². The van der Waals surface area contributed by atoms with Gasteiger partial charge in [0.15, 0.2) is 0 Å². The number of hydrogen-bond acceptors (Lipinski definition) is 2. The lowest BCUT2D eigenvalue weighted by atomic mass is 9.68. The molecule has 2 rings (SSSR count). The summed E-state index contributed by atoms with van der Waals surface area (Å²) in [7, 11) is 0. The molecule has 0 radical (unpaired) electrons. The first-order valence-electron chi connectivity index (χ1n) is 8.24. The van der Waals surface area contributed by atoms with Crippen LogP contribution in [0, 0.1) is 0 Å². The van der Waals surface area contributed by atoms with Crippen molar-refractivity contribution in [2.24, 2.45) is 5.73 Å². The molecule has 0 aliphatic carbocycles. The molecule has 0 saturated carbocycles. The number of rotatable bonds is 8. The molecule has 0 aliphatic heterocycles. The van der Waals surface area contributed by atoms with Gasteiger partial charge in [-0.3, -0.25) is 0 Å². The molecule has 2 aromatic carbocycles. The SMILES string of the molecule is CCCC(CCCC(N)O)(c1ccccc1)c1ccccc1. The number of hydrogen-bond donors (Lipinski definition) is 2. The van der Waals surface area contributed by atoms with Gasteiger partial charge < -0.3 is 10.8 Å². The van der Waals surface area contributed by atoms with Crippen LogP contribution >= 0.6 is 0 Å². The Morgan fingerprint density at radius 3 is 1.82 bits per heavy atom. The fourth-order valence-electron chi connectivity index (χ4n) is 3.42. The van der Waals surface area contributed by atoms with Gasteiger partial charge in [-0.15, -0.1) is 0 Å². The fraction of sp³-hybridized carbons (Fsp3) is 0.400. The van der Waals surface area contributed by atoms with Gasteiger partial charge >= 0.3 is 0 Å². The van der Waals surface area contributed by atoms with Crippen molar-refractivity contribution in [2.45, 2.75) is 50.7 Å². The molecule has 2 nitrogen and oxygen atoms in total. The van der Waals surface area contributed by atoms with E-state index in [-0.39, 0.29) is 5.41 Å². The maximum Gasteiger partial charge on any atom is 0.102 e. The summed E-state index contributed by atoms with van der Waals surface area (Å²) in [4.78, 5) is 0. The molecule has 0 heterocycles. The van der Waals surface area contributed by atoms with Gasteiger partial charge in [0.2, 0.25) is 0 Å². The highest BCUT2D eigenvalue weighted by atomic mass is 16.3. The minimum Gasteiger partial charge on any atom is -0.379 e. The zero-order valence-corrected chi connectivity index (χ0v) is 13.4. The largest absolute Gasteiger partial charge is 0.379 e. The zero-order valence-electron chi connectivity index (χ0n) is 13.4. The molecule has 0 bridgehead atoms. The number of aliphatic hydroxyl groups is 1. The molecule has 118 valence electrons. The van der Waals surface area contributed by atoms with Crippen LogP contribution in [-0.4, -0.2) is 11.3 Å². The van der Waals surface area contributed by atoms with Crippen LogP contribution in [0.3, 0.4) is 0 Å². The van der Waals surface area contributed by atoms with Crippen LogP contribution < -0.4 is 5.73 Å². The predicted octanol–water partition coefficient (Wildman–Crippen LogP) is 4.22. The molecule has 0 aromatic heterocycles. The number of nitrogens with two attached hydrogens (primary N) is 1. The number of benzene rings is 2. The van der Waals surface area contributed by atoms with Gasteiger partial charge in [0.1, 0.15) is 6.23 Å². The first-order chi connectivity index (χ1) is 10.7. The molecule has 1 unspecified atom stereocenters. The second kappa shape index (κ2) is 8.11. The van der Waals surface area contributed by atoms with Crippen molar-refractivity contribution >= 4 is 0 Å². The van der Waals surface area contributed by atoms with Crippen LogP contribution in [0.4, 0.5) is 0 Å². The average Bonchev–Trinajstić information content (AvgIpc) is 2.55. The monoisotopic (exact) mass is 297 g/mol. The second-order valence-electron chi connectivity index (χ2n) is 6.02. The van der Waals surface area contributed by atoms with E-state index in [1.54, 1.807) is 0 Å². The number of aliphatic hydroxyl groups excluding tert-OH is 1. The van der Waals surface area contributed by atoms with Crippen LogP contribution in [0.15, 0.2) is 60.7 Å². The van der Waals surface area contributed by atoms with Gasteiger partial charge in [0, 0.05) is 5.41 Å². The standard InChI is InChI=1S/C20H27NO/c1-2-15-20(16-9-14-19(21)22,17-10-5-3-6-11-17)18-12-7-4-8-13-18/h3-8,10-13,19,22H,2,9,14-16,21H2,1H3. The predicted molar refractivity (Wildman–Crippen MR) is 92.6 cm³/mol. The lowest BCUT2D eigenvalue weighted by Crippen LogP contribution is -2.29. The van der Waals surface area contributed by atoms with Crippen molar-refractivity contribution in [3.05, 3.63) is 71.8 Å². The highest BCUT2D eigenvalue weighted by molar-refractivity contribution is 5.39. The Bertz CT molecular complexity index is 497. The molecule has 22 heavy (non-hydrogen) atoms. The quantitative estimate of drug-likeness (QED) is 0.717. The van der Waals surface area contributed by atoms with E-state index in [0.717, 1.165) is 25.7 Å². The molecule has 0 saturated heterocycles. The summed E-state index contributed by atoms with van der Waals surface area (Å²) in [6, 6.07) is 21.5. The summed E-state index contributed by atoms with van der Waals surface area (Å²) in [6.07, 6.45) is 4.07. The Kier molecular flexibility index (Phi) is 6.17. The van der Waals surface area contributed by atoms with Gasteiger partial charge in [-0.2, -0.15) is 0 Å². The minimum atomic E-state index is -0.717. The maximum absolute atomic E-state index is 9.40. The Morgan fingerprint density at radius 2 is 1.41 bits per heavy atom. The minimum absolute atomic E-state index is 0.00611. The van der Waals surface area contributed by atoms with Crippen molar-refractivity contribution in [2.75, 3.05) is 0 Å². The summed E-state index contributed by atoms with van der Waals surface area (Å²) >= 11 is 0. The molecule has 0 aliphatic rings. The van der Waals surface area contributed by atoms with Crippen molar-refractivity contribution in [3.63, 3.8) is 0 Å².